The number of carbonyl (C=O) groups excluding carboxylic acids is 1. The van der Waals surface area contributed by atoms with Gasteiger partial charge in [0.2, 0.25) is 0 Å². The van der Waals surface area contributed by atoms with Crippen LogP contribution in [0.1, 0.15) is 64.4 Å². The molecule has 0 saturated heterocycles. The molecule has 0 aliphatic heterocycles. The number of anilines is 1. The first-order valence-corrected chi connectivity index (χ1v) is 10.4. The van der Waals surface area contributed by atoms with Crippen molar-refractivity contribution in [2.45, 2.75) is 58.8 Å². The first-order valence-electron chi connectivity index (χ1n) is 10.4. The molecule has 0 bridgehead atoms. The van der Waals surface area contributed by atoms with Crippen molar-refractivity contribution in [2.24, 2.45) is 0 Å². The summed E-state index contributed by atoms with van der Waals surface area (Å²) < 4.78 is 11.3. The topological polar surface area (TPSA) is 47.6 Å². The van der Waals surface area contributed by atoms with Gasteiger partial charge in [-0.15, -0.1) is 0 Å². The molecule has 0 fully saturated rings. The molecular formula is C24H33NO3. The first-order chi connectivity index (χ1) is 13.6. The second-order valence-electron chi connectivity index (χ2n) is 7.15. The van der Waals surface area contributed by atoms with Crippen molar-refractivity contribution in [3.8, 4) is 11.5 Å². The van der Waals surface area contributed by atoms with Crippen LogP contribution in [0.3, 0.4) is 0 Å². The molecule has 0 aliphatic rings. The maximum absolute atomic E-state index is 12.1. The zero-order chi connectivity index (χ0) is 20.2. The van der Waals surface area contributed by atoms with E-state index in [9.17, 15) is 4.79 Å². The van der Waals surface area contributed by atoms with Crippen LogP contribution in [-0.2, 0) is 4.79 Å². The molecule has 1 atom stereocenters. The lowest BCUT2D eigenvalue weighted by molar-refractivity contribution is -0.118. The van der Waals surface area contributed by atoms with Crippen LogP contribution in [0.4, 0.5) is 5.69 Å². The van der Waals surface area contributed by atoms with Crippen LogP contribution in [-0.4, -0.2) is 19.1 Å². The summed E-state index contributed by atoms with van der Waals surface area (Å²) in [4.78, 5) is 12.1. The lowest BCUT2D eigenvalue weighted by Gasteiger charge is -2.11. The molecule has 2 aromatic rings. The Bertz CT molecular complexity index is 695. The van der Waals surface area contributed by atoms with Gasteiger partial charge >= 0.3 is 0 Å². The summed E-state index contributed by atoms with van der Waals surface area (Å²) in [6.07, 6.45) is 5.85. The van der Waals surface area contributed by atoms with Gasteiger partial charge in [-0.1, -0.05) is 52.2 Å². The van der Waals surface area contributed by atoms with Crippen LogP contribution in [0.15, 0.2) is 48.5 Å². The van der Waals surface area contributed by atoms with Gasteiger partial charge in [0.25, 0.3) is 5.91 Å². The minimum atomic E-state index is -0.181. The fourth-order valence-electron chi connectivity index (χ4n) is 2.83. The molecule has 2 rings (SSSR count). The summed E-state index contributed by atoms with van der Waals surface area (Å²) in [7, 11) is 0. The lowest BCUT2D eigenvalue weighted by Crippen LogP contribution is -2.20. The van der Waals surface area contributed by atoms with E-state index >= 15 is 0 Å². The molecule has 1 N–H and O–H groups in total. The summed E-state index contributed by atoms with van der Waals surface area (Å²) in [5.41, 5.74) is 2.02. The average molecular weight is 384 g/mol. The van der Waals surface area contributed by atoms with E-state index in [4.69, 9.17) is 9.47 Å². The van der Waals surface area contributed by atoms with Crippen LogP contribution >= 0.6 is 0 Å². The molecule has 0 spiro atoms. The minimum absolute atomic E-state index is 0.0155. The van der Waals surface area contributed by atoms with E-state index < -0.39 is 0 Å². The van der Waals surface area contributed by atoms with E-state index in [1.165, 1.54) is 24.8 Å². The zero-order valence-corrected chi connectivity index (χ0v) is 17.4. The van der Waals surface area contributed by atoms with Gasteiger partial charge < -0.3 is 14.8 Å². The molecule has 0 aromatic heterocycles. The highest BCUT2D eigenvalue weighted by molar-refractivity contribution is 5.91. The van der Waals surface area contributed by atoms with Crippen molar-refractivity contribution in [2.75, 3.05) is 18.5 Å². The predicted octanol–water partition coefficient (Wildman–Crippen LogP) is 6.18. The van der Waals surface area contributed by atoms with E-state index in [-0.39, 0.29) is 12.5 Å². The Morgan fingerprint density at radius 2 is 1.54 bits per heavy atom. The van der Waals surface area contributed by atoms with Crippen LogP contribution in [0.25, 0.3) is 0 Å². The Hall–Kier alpha value is -2.49. The Morgan fingerprint density at radius 3 is 2.18 bits per heavy atom. The number of carbonyl (C=O) groups is 1. The van der Waals surface area contributed by atoms with Crippen molar-refractivity contribution in [3.63, 3.8) is 0 Å². The van der Waals surface area contributed by atoms with Crippen LogP contribution < -0.4 is 14.8 Å². The number of unbranched alkanes of at least 4 members (excludes halogenated alkanes) is 3. The number of hydrogen-bond acceptors (Lipinski definition) is 3. The van der Waals surface area contributed by atoms with Gasteiger partial charge in [-0.2, -0.15) is 0 Å². The predicted molar refractivity (Wildman–Crippen MR) is 115 cm³/mol. The van der Waals surface area contributed by atoms with Crippen molar-refractivity contribution in [1.29, 1.82) is 0 Å². The van der Waals surface area contributed by atoms with E-state index in [1.807, 2.05) is 36.4 Å². The third-order valence-corrected chi connectivity index (χ3v) is 4.84. The second kappa shape index (κ2) is 12.1. The fraction of sp³-hybridized carbons (Fsp3) is 0.458. The van der Waals surface area contributed by atoms with Gasteiger partial charge in [-0.25, -0.2) is 0 Å². The molecule has 152 valence electrons. The second-order valence-corrected chi connectivity index (χ2v) is 7.15. The molecule has 0 saturated carbocycles. The molecule has 0 radical (unpaired) electrons. The Morgan fingerprint density at radius 1 is 0.893 bits per heavy atom. The molecule has 0 aliphatic carbocycles. The number of hydrogen-bond donors (Lipinski definition) is 1. The summed E-state index contributed by atoms with van der Waals surface area (Å²) in [6, 6.07) is 15.4. The normalized spacial score (nSPS) is 11.7. The van der Waals surface area contributed by atoms with E-state index in [0.717, 1.165) is 30.9 Å². The molecule has 1 amide bonds. The highest BCUT2D eigenvalue weighted by Gasteiger charge is 2.06. The molecule has 1 unspecified atom stereocenters. The number of amides is 1. The molecule has 2 aromatic carbocycles. The third-order valence-electron chi connectivity index (χ3n) is 4.84. The van der Waals surface area contributed by atoms with Crippen LogP contribution in [0.2, 0.25) is 0 Å². The minimum Gasteiger partial charge on any atom is -0.494 e. The van der Waals surface area contributed by atoms with Crippen molar-refractivity contribution >= 4 is 11.6 Å². The van der Waals surface area contributed by atoms with Crippen LogP contribution in [0.5, 0.6) is 11.5 Å². The maximum Gasteiger partial charge on any atom is 0.262 e. The SMILES string of the molecule is CCCCCCOc1ccc(NC(=O)COc2ccc(C(C)CC)cc2)cc1. The van der Waals surface area contributed by atoms with Gasteiger partial charge in [0.15, 0.2) is 6.61 Å². The lowest BCUT2D eigenvalue weighted by atomic mass is 9.99. The molecule has 28 heavy (non-hydrogen) atoms. The monoisotopic (exact) mass is 383 g/mol. The summed E-state index contributed by atoms with van der Waals surface area (Å²) in [5, 5.41) is 2.84. The van der Waals surface area contributed by atoms with Gasteiger partial charge in [0.1, 0.15) is 11.5 Å². The molecule has 0 heterocycles. The number of nitrogens with one attached hydrogen (secondary N) is 1. The van der Waals surface area contributed by atoms with Gasteiger partial charge in [0.05, 0.1) is 6.61 Å². The number of benzene rings is 2. The number of ether oxygens (including phenoxy) is 2. The third kappa shape index (κ3) is 7.63. The Balaban J connectivity index is 1.72. The van der Waals surface area contributed by atoms with Gasteiger partial charge in [0, 0.05) is 5.69 Å². The first kappa shape index (κ1) is 21.8. The quantitative estimate of drug-likeness (QED) is 0.445. The Kier molecular flexibility index (Phi) is 9.40. The van der Waals surface area contributed by atoms with Crippen molar-refractivity contribution in [3.05, 3.63) is 54.1 Å². The van der Waals surface area contributed by atoms with Crippen molar-refractivity contribution < 1.29 is 14.3 Å². The molecule has 4 heteroatoms. The molecular weight excluding hydrogens is 350 g/mol. The zero-order valence-electron chi connectivity index (χ0n) is 17.4. The van der Waals surface area contributed by atoms with Gasteiger partial charge in [-0.05, 0) is 60.7 Å². The summed E-state index contributed by atoms with van der Waals surface area (Å²) in [6.45, 7) is 7.29. The highest BCUT2D eigenvalue weighted by Crippen LogP contribution is 2.21. The molecule has 4 nitrogen and oxygen atoms in total. The summed E-state index contributed by atoms with van der Waals surface area (Å²) in [5.74, 6) is 1.88. The van der Waals surface area contributed by atoms with E-state index in [2.05, 4.69) is 38.2 Å². The fourth-order valence-corrected chi connectivity index (χ4v) is 2.83. The van der Waals surface area contributed by atoms with E-state index in [1.54, 1.807) is 0 Å². The number of rotatable bonds is 12. The van der Waals surface area contributed by atoms with Crippen LogP contribution in [0, 0.1) is 0 Å². The van der Waals surface area contributed by atoms with E-state index in [0.29, 0.717) is 11.7 Å². The average Bonchev–Trinajstić information content (AvgIpc) is 2.73. The van der Waals surface area contributed by atoms with Gasteiger partial charge in [-0.3, -0.25) is 4.79 Å². The smallest absolute Gasteiger partial charge is 0.262 e. The maximum atomic E-state index is 12.1. The van der Waals surface area contributed by atoms with Crippen molar-refractivity contribution in [1.82, 2.24) is 0 Å². The largest absolute Gasteiger partial charge is 0.494 e. The summed E-state index contributed by atoms with van der Waals surface area (Å²) >= 11 is 0. The standard InChI is InChI=1S/C24H33NO3/c1-4-6-7-8-17-27-22-15-11-21(12-16-22)25-24(26)18-28-23-13-9-20(10-14-23)19(3)5-2/h9-16,19H,4-8,17-18H2,1-3H3,(H,25,26). The Labute approximate surface area is 169 Å². The highest BCUT2D eigenvalue weighted by atomic mass is 16.5.